The van der Waals surface area contributed by atoms with Crippen molar-refractivity contribution in [2.24, 2.45) is 17.3 Å². The van der Waals surface area contributed by atoms with Gasteiger partial charge >= 0.3 is 6.09 Å². The third-order valence-electron chi connectivity index (χ3n) is 8.17. The molecule has 3 fully saturated rings. The van der Waals surface area contributed by atoms with Crippen LogP contribution in [0, 0.1) is 30.0 Å². The van der Waals surface area contributed by atoms with E-state index in [4.69, 9.17) is 22.1 Å². The number of halogens is 2. The summed E-state index contributed by atoms with van der Waals surface area (Å²) in [4.78, 5) is 14.6. The van der Waals surface area contributed by atoms with Gasteiger partial charge in [0.25, 0.3) is 0 Å². The van der Waals surface area contributed by atoms with Crippen molar-refractivity contribution in [2.45, 2.75) is 51.9 Å². The molecule has 5 rings (SSSR count). The lowest BCUT2D eigenvalue weighted by Gasteiger charge is -2.19. The molecule has 0 unspecified atom stereocenters. The monoisotopic (exact) mass is 496 g/mol. The summed E-state index contributed by atoms with van der Waals surface area (Å²) in [7, 11) is 0. The Bertz CT molecular complexity index is 1140. The van der Waals surface area contributed by atoms with Gasteiger partial charge in [-0.3, -0.25) is 0 Å². The van der Waals surface area contributed by atoms with Crippen molar-refractivity contribution in [3.05, 3.63) is 69.5 Å². The number of likely N-dealkylation sites (tertiary alicyclic amines) is 1. The number of anilines is 1. The predicted molar refractivity (Wildman–Crippen MR) is 139 cm³/mol. The molecule has 2 aliphatic carbocycles. The van der Waals surface area contributed by atoms with Crippen molar-refractivity contribution in [3.8, 4) is 0 Å². The molecule has 1 amide bonds. The van der Waals surface area contributed by atoms with Gasteiger partial charge in [0.05, 0.1) is 17.3 Å². The Balaban J connectivity index is 1.33. The van der Waals surface area contributed by atoms with Gasteiger partial charge in [0, 0.05) is 13.1 Å². The molecule has 1 aliphatic heterocycles. The van der Waals surface area contributed by atoms with Crippen LogP contribution < -0.4 is 5.73 Å². The second kappa shape index (κ2) is 9.85. The van der Waals surface area contributed by atoms with Crippen LogP contribution in [0.2, 0.25) is 5.02 Å². The van der Waals surface area contributed by atoms with Gasteiger partial charge in [0.15, 0.2) is 0 Å². The maximum Gasteiger partial charge on any atom is 0.409 e. The first-order chi connectivity index (χ1) is 16.8. The Morgan fingerprint density at radius 3 is 2.83 bits per heavy atom. The molecule has 2 N–H and O–H groups in total. The molecular formula is C29H34ClFN2O2. The maximum atomic E-state index is 14.7. The average molecular weight is 497 g/mol. The normalized spacial score (nSPS) is 24.4. The smallest absolute Gasteiger partial charge is 0.409 e. The standard InChI is InChI=1S/C29H34ClFN2O2/c1-19-6-8-26(31)23(12-19)15-22(13-21-7-9-27(32)25(30)14-21)24-16-29(24)10-11-33(18-29)28(34)35-17-20-4-2-3-5-20/h6-9,12-14,20,24H,2-5,10-11,15-18,32H2,1H3/b22-13+/t24-,29-/m0/s1. The van der Waals surface area contributed by atoms with E-state index in [-0.39, 0.29) is 17.3 Å². The average Bonchev–Trinajstić information content (AvgIpc) is 3.15. The minimum atomic E-state index is -0.185. The van der Waals surface area contributed by atoms with Crippen LogP contribution in [0.3, 0.4) is 0 Å². The van der Waals surface area contributed by atoms with Crippen LogP contribution in [-0.4, -0.2) is 30.7 Å². The molecule has 2 saturated carbocycles. The minimum Gasteiger partial charge on any atom is -0.449 e. The van der Waals surface area contributed by atoms with Crippen molar-refractivity contribution in [1.29, 1.82) is 0 Å². The summed E-state index contributed by atoms with van der Waals surface area (Å²) in [5.74, 6) is 0.635. The number of nitrogen functional groups attached to an aromatic ring is 1. The molecule has 2 aromatic rings. The number of nitrogens with two attached hydrogens (primary N) is 1. The topological polar surface area (TPSA) is 55.6 Å². The molecule has 0 bridgehead atoms. The zero-order chi connectivity index (χ0) is 24.6. The van der Waals surface area contributed by atoms with Crippen molar-refractivity contribution in [3.63, 3.8) is 0 Å². The van der Waals surface area contributed by atoms with E-state index < -0.39 is 0 Å². The zero-order valence-corrected chi connectivity index (χ0v) is 21.1. The summed E-state index contributed by atoms with van der Waals surface area (Å²) in [6.45, 7) is 3.95. The van der Waals surface area contributed by atoms with Gasteiger partial charge < -0.3 is 15.4 Å². The van der Waals surface area contributed by atoms with Crippen LogP contribution in [0.15, 0.2) is 42.0 Å². The summed E-state index contributed by atoms with van der Waals surface area (Å²) in [6.07, 6.45) is 9.25. The van der Waals surface area contributed by atoms with E-state index in [2.05, 4.69) is 6.08 Å². The first kappa shape index (κ1) is 24.2. The van der Waals surface area contributed by atoms with Gasteiger partial charge in [-0.05, 0) is 85.6 Å². The summed E-state index contributed by atoms with van der Waals surface area (Å²) in [5.41, 5.74) is 10.4. The lowest BCUT2D eigenvalue weighted by Crippen LogP contribution is -2.31. The van der Waals surface area contributed by atoms with Crippen LogP contribution >= 0.6 is 11.6 Å². The highest BCUT2D eigenvalue weighted by molar-refractivity contribution is 6.33. The van der Waals surface area contributed by atoms with Crippen molar-refractivity contribution in [2.75, 3.05) is 25.4 Å². The highest BCUT2D eigenvalue weighted by Gasteiger charge is 2.59. The summed E-state index contributed by atoms with van der Waals surface area (Å²) >= 11 is 6.28. The fourth-order valence-electron chi connectivity index (χ4n) is 6.01. The number of hydrogen-bond donors (Lipinski definition) is 1. The number of carbonyl (C=O) groups excluding carboxylic acids is 1. The zero-order valence-electron chi connectivity index (χ0n) is 20.4. The molecule has 186 valence electrons. The molecule has 6 heteroatoms. The van der Waals surface area contributed by atoms with Crippen molar-refractivity contribution < 1.29 is 13.9 Å². The lowest BCUT2D eigenvalue weighted by molar-refractivity contribution is 0.0937. The van der Waals surface area contributed by atoms with Gasteiger partial charge in [-0.2, -0.15) is 0 Å². The van der Waals surface area contributed by atoms with Crippen LogP contribution in [0.4, 0.5) is 14.9 Å². The SMILES string of the molecule is Cc1ccc(F)c(C/C(=C\c2ccc(N)c(Cl)c2)[C@@H]2C[C@]23CCN(C(=O)OCC2CCCC2)C3)c1. The first-order valence-corrected chi connectivity index (χ1v) is 13.1. The summed E-state index contributed by atoms with van der Waals surface area (Å²) in [5, 5.41) is 0.516. The first-order valence-electron chi connectivity index (χ1n) is 12.8. The molecule has 2 aromatic carbocycles. The van der Waals surface area contributed by atoms with E-state index in [1.54, 1.807) is 18.2 Å². The van der Waals surface area contributed by atoms with Crippen LogP contribution in [-0.2, 0) is 11.2 Å². The summed E-state index contributed by atoms with van der Waals surface area (Å²) in [6, 6.07) is 10.9. The molecular weight excluding hydrogens is 463 g/mol. The number of carbonyl (C=O) groups is 1. The fraction of sp³-hybridized carbons (Fsp3) is 0.483. The number of allylic oxidation sites excluding steroid dienone is 1. The number of benzene rings is 2. The fourth-order valence-corrected chi connectivity index (χ4v) is 6.20. The van der Waals surface area contributed by atoms with Gasteiger partial charge in [-0.25, -0.2) is 9.18 Å². The number of rotatable bonds is 6. The molecule has 1 heterocycles. The van der Waals surface area contributed by atoms with E-state index in [0.29, 0.717) is 47.7 Å². The molecule has 1 saturated heterocycles. The molecule has 1 spiro atoms. The number of nitrogens with zero attached hydrogens (tertiary/aromatic N) is 1. The Morgan fingerprint density at radius 1 is 1.26 bits per heavy atom. The Hall–Kier alpha value is -2.53. The lowest BCUT2D eigenvalue weighted by atomic mass is 9.92. The Kier molecular flexibility index (Phi) is 6.80. The Labute approximate surface area is 212 Å². The van der Waals surface area contributed by atoms with Gasteiger partial charge in [-0.15, -0.1) is 0 Å². The number of hydrogen-bond acceptors (Lipinski definition) is 3. The predicted octanol–water partition coefficient (Wildman–Crippen LogP) is 7.03. The quantitative estimate of drug-likeness (QED) is 0.436. The highest BCUT2D eigenvalue weighted by Crippen LogP contribution is 2.62. The third kappa shape index (κ3) is 5.35. The van der Waals surface area contributed by atoms with E-state index >= 15 is 0 Å². The highest BCUT2D eigenvalue weighted by atomic mass is 35.5. The Morgan fingerprint density at radius 2 is 2.06 bits per heavy atom. The molecule has 0 radical (unpaired) electrons. The number of aryl methyl sites for hydroxylation is 1. The van der Waals surface area contributed by atoms with Crippen LogP contribution in [0.5, 0.6) is 0 Å². The van der Waals surface area contributed by atoms with E-state index in [1.807, 2.05) is 30.0 Å². The van der Waals surface area contributed by atoms with Gasteiger partial charge in [-0.1, -0.05) is 59.9 Å². The molecule has 4 nitrogen and oxygen atoms in total. The molecule has 2 atom stereocenters. The second-order valence-corrected chi connectivity index (χ2v) is 11.2. The third-order valence-corrected chi connectivity index (χ3v) is 8.50. The second-order valence-electron chi connectivity index (χ2n) is 10.8. The summed E-state index contributed by atoms with van der Waals surface area (Å²) < 4.78 is 20.4. The molecule has 35 heavy (non-hydrogen) atoms. The molecule has 0 aromatic heterocycles. The van der Waals surface area contributed by atoms with Crippen LogP contribution in [0.25, 0.3) is 6.08 Å². The largest absolute Gasteiger partial charge is 0.449 e. The molecule has 3 aliphatic rings. The van der Waals surface area contributed by atoms with E-state index in [9.17, 15) is 9.18 Å². The van der Waals surface area contributed by atoms with E-state index in [1.165, 1.54) is 18.4 Å². The van der Waals surface area contributed by atoms with Gasteiger partial charge in [0.2, 0.25) is 0 Å². The van der Waals surface area contributed by atoms with Gasteiger partial charge in [0.1, 0.15) is 5.82 Å². The van der Waals surface area contributed by atoms with E-state index in [0.717, 1.165) is 43.4 Å². The maximum absolute atomic E-state index is 14.7. The minimum absolute atomic E-state index is 0.0517. The van der Waals surface area contributed by atoms with Crippen LogP contribution in [0.1, 0.15) is 55.2 Å². The number of ether oxygens (including phenoxy) is 1. The van der Waals surface area contributed by atoms with Crippen molar-refractivity contribution in [1.82, 2.24) is 4.90 Å². The van der Waals surface area contributed by atoms with Crippen molar-refractivity contribution >= 4 is 29.5 Å². The number of amides is 1.